The lowest BCUT2D eigenvalue weighted by Crippen LogP contribution is -2.53. The number of carbonyl (C=O) groups excluding carboxylic acids is 2. The summed E-state index contributed by atoms with van der Waals surface area (Å²) in [5, 5.41) is 2.76. The summed E-state index contributed by atoms with van der Waals surface area (Å²) >= 11 is 0. The molecule has 1 aliphatic heterocycles. The molecule has 5 nitrogen and oxygen atoms in total. The van der Waals surface area contributed by atoms with Gasteiger partial charge in [0.25, 0.3) is 5.91 Å². The van der Waals surface area contributed by atoms with Gasteiger partial charge in [0.2, 0.25) is 5.91 Å². The van der Waals surface area contributed by atoms with Crippen molar-refractivity contribution in [2.45, 2.75) is 19.9 Å². The van der Waals surface area contributed by atoms with Crippen molar-refractivity contribution in [2.24, 2.45) is 5.92 Å². The largest absolute Gasteiger partial charge is 0.378 e. The molecule has 1 aromatic rings. The smallest absolute Gasteiger partial charge is 0.251 e. The Morgan fingerprint density at radius 1 is 1.18 bits per heavy atom. The summed E-state index contributed by atoms with van der Waals surface area (Å²) in [6.45, 7) is 5.87. The van der Waals surface area contributed by atoms with E-state index in [9.17, 15) is 14.0 Å². The van der Waals surface area contributed by atoms with Crippen LogP contribution in [0, 0.1) is 11.7 Å². The van der Waals surface area contributed by atoms with Crippen LogP contribution in [0.3, 0.4) is 0 Å². The molecule has 0 aliphatic carbocycles. The van der Waals surface area contributed by atoms with Gasteiger partial charge < -0.3 is 15.0 Å². The van der Waals surface area contributed by atoms with E-state index in [1.54, 1.807) is 4.90 Å². The first-order valence-electron chi connectivity index (χ1n) is 7.42. The van der Waals surface area contributed by atoms with Crippen LogP contribution in [0.1, 0.15) is 24.2 Å². The predicted octanol–water partition coefficient (Wildman–Crippen LogP) is 1.44. The number of benzene rings is 1. The van der Waals surface area contributed by atoms with Gasteiger partial charge in [0.05, 0.1) is 13.2 Å². The van der Waals surface area contributed by atoms with Gasteiger partial charge in [-0.1, -0.05) is 13.8 Å². The lowest BCUT2D eigenvalue weighted by atomic mass is 10.0. The predicted molar refractivity (Wildman–Crippen MR) is 79.9 cm³/mol. The van der Waals surface area contributed by atoms with Crippen LogP contribution in [0.15, 0.2) is 24.3 Å². The Morgan fingerprint density at radius 3 is 2.32 bits per heavy atom. The fourth-order valence-electron chi connectivity index (χ4n) is 2.32. The second-order valence-electron chi connectivity index (χ2n) is 5.64. The Balaban J connectivity index is 2.06. The Hall–Kier alpha value is -1.95. The molecule has 2 amide bonds. The van der Waals surface area contributed by atoms with Gasteiger partial charge in [0.15, 0.2) is 0 Å². The Labute approximate surface area is 129 Å². The molecular weight excluding hydrogens is 287 g/mol. The molecule has 1 atom stereocenters. The van der Waals surface area contributed by atoms with Gasteiger partial charge >= 0.3 is 0 Å². The van der Waals surface area contributed by atoms with Crippen molar-refractivity contribution in [3.8, 4) is 0 Å². The van der Waals surface area contributed by atoms with E-state index in [4.69, 9.17) is 4.74 Å². The molecule has 0 aromatic heterocycles. The molecule has 0 spiro atoms. The maximum absolute atomic E-state index is 12.9. The van der Waals surface area contributed by atoms with Crippen LogP contribution >= 0.6 is 0 Å². The molecule has 0 unspecified atom stereocenters. The van der Waals surface area contributed by atoms with Gasteiger partial charge in [-0.3, -0.25) is 9.59 Å². The minimum Gasteiger partial charge on any atom is -0.378 e. The lowest BCUT2D eigenvalue weighted by Gasteiger charge is -2.32. The molecule has 2 rings (SSSR count). The molecule has 1 aromatic carbocycles. The third kappa shape index (κ3) is 4.04. The maximum Gasteiger partial charge on any atom is 0.251 e. The van der Waals surface area contributed by atoms with Crippen LogP contribution in [-0.4, -0.2) is 49.1 Å². The molecule has 6 heteroatoms. The van der Waals surface area contributed by atoms with Crippen molar-refractivity contribution in [3.05, 3.63) is 35.6 Å². The first-order chi connectivity index (χ1) is 10.5. The molecule has 1 N–H and O–H groups in total. The highest BCUT2D eigenvalue weighted by Crippen LogP contribution is 2.10. The highest BCUT2D eigenvalue weighted by atomic mass is 19.1. The minimum absolute atomic E-state index is 0.0419. The Bertz CT molecular complexity index is 525. The summed E-state index contributed by atoms with van der Waals surface area (Å²) in [5.74, 6) is -0.921. The lowest BCUT2D eigenvalue weighted by molar-refractivity contribution is -0.138. The van der Waals surface area contributed by atoms with E-state index in [-0.39, 0.29) is 17.7 Å². The fraction of sp³-hybridized carbons (Fsp3) is 0.500. The second-order valence-corrected chi connectivity index (χ2v) is 5.64. The number of morpholine rings is 1. The summed E-state index contributed by atoms with van der Waals surface area (Å²) in [4.78, 5) is 26.5. The van der Waals surface area contributed by atoms with Crippen molar-refractivity contribution in [3.63, 3.8) is 0 Å². The van der Waals surface area contributed by atoms with E-state index < -0.39 is 11.9 Å². The summed E-state index contributed by atoms with van der Waals surface area (Å²) in [6, 6.07) is 4.66. The van der Waals surface area contributed by atoms with Crippen LogP contribution in [-0.2, 0) is 9.53 Å². The molecule has 1 heterocycles. The normalized spacial score (nSPS) is 16.5. The number of hydrogen-bond donors (Lipinski definition) is 1. The number of nitrogens with one attached hydrogen (secondary N) is 1. The zero-order chi connectivity index (χ0) is 16.1. The van der Waals surface area contributed by atoms with Crippen LogP contribution in [0.4, 0.5) is 4.39 Å². The summed E-state index contributed by atoms with van der Waals surface area (Å²) in [6.07, 6.45) is 0. The van der Waals surface area contributed by atoms with Crippen molar-refractivity contribution >= 4 is 11.8 Å². The quantitative estimate of drug-likeness (QED) is 0.915. The zero-order valence-electron chi connectivity index (χ0n) is 12.8. The molecule has 0 radical (unpaired) electrons. The Morgan fingerprint density at radius 2 is 1.77 bits per heavy atom. The average molecular weight is 308 g/mol. The first-order valence-corrected chi connectivity index (χ1v) is 7.42. The number of halogens is 1. The molecule has 1 fully saturated rings. The third-order valence-electron chi connectivity index (χ3n) is 3.65. The Kier molecular flexibility index (Phi) is 5.49. The van der Waals surface area contributed by atoms with E-state index >= 15 is 0 Å². The van der Waals surface area contributed by atoms with Crippen molar-refractivity contribution in [1.29, 1.82) is 0 Å². The van der Waals surface area contributed by atoms with E-state index in [0.29, 0.717) is 31.9 Å². The highest BCUT2D eigenvalue weighted by molar-refractivity contribution is 5.97. The molecule has 1 aliphatic rings. The summed E-state index contributed by atoms with van der Waals surface area (Å²) in [7, 11) is 0. The molecular formula is C16H21FN2O3. The number of nitrogens with zero attached hydrogens (tertiary/aromatic N) is 1. The number of carbonyl (C=O) groups is 2. The molecule has 1 saturated heterocycles. The minimum atomic E-state index is -0.601. The van der Waals surface area contributed by atoms with Gasteiger partial charge in [-0.05, 0) is 30.2 Å². The first kappa shape index (κ1) is 16.4. The number of rotatable bonds is 4. The van der Waals surface area contributed by atoms with E-state index in [0.717, 1.165) is 0 Å². The summed E-state index contributed by atoms with van der Waals surface area (Å²) in [5.41, 5.74) is 0.335. The van der Waals surface area contributed by atoms with Crippen molar-refractivity contribution in [1.82, 2.24) is 10.2 Å². The van der Waals surface area contributed by atoms with E-state index in [2.05, 4.69) is 5.32 Å². The zero-order valence-corrected chi connectivity index (χ0v) is 12.8. The maximum atomic E-state index is 12.9. The standard InChI is InChI=1S/C16H21FN2O3/c1-11(2)14(16(21)19-7-9-22-10-8-19)18-15(20)12-3-5-13(17)6-4-12/h3-6,11,14H,7-10H2,1-2H3,(H,18,20)/t14-/m1/s1. The molecule has 22 heavy (non-hydrogen) atoms. The van der Waals surface area contributed by atoms with Gasteiger partial charge in [-0.15, -0.1) is 0 Å². The van der Waals surface area contributed by atoms with Crippen molar-refractivity contribution < 1.29 is 18.7 Å². The monoisotopic (exact) mass is 308 g/mol. The van der Waals surface area contributed by atoms with Crippen LogP contribution in [0.2, 0.25) is 0 Å². The molecule has 0 bridgehead atoms. The number of hydrogen-bond acceptors (Lipinski definition) is 3. The van der Waals surface area contributed by atoms with E-state index in [1.807, 2.05) is 13.8 Å². The highest BCUT2D eigenvalue weighted by Gasteiger charge is 2.29. The third-order valence-corrected chi connectivity index (χ3v) is 3.65. The van der Waals surface area contributed by atoms with Gasteiger partial charge in [-0.25, -0.2) is 4.39 Å². The van der Waals surface area contributed by atoms with Gasteiger partial charge in [0.1, 0.15) is 11.9 Å². The second kappa shape index (κ2) is 7.35. The SMILES string of the molecule is CC(C)[C@@H](NC(=O)c1ccc(F)cc1)C(=O)N1CCOCC1. The number of amides is 2. The van der Waals surface area contributed by atoms with Crippen LogP contribution in [0.5, 0.6) is 0 Å². The van der Waals surface area contributed by atoms with E-state index in [1.165, 1.54) is 24.3 Å². The van der Waals surface area contributed by atoms with Gasteiger partial charge in [0, 0.05) is 18.7 Å². The average Bonchev–Trinajstić information content (AvgIpc) is 2.53. The number of ether oxygens (including phenoxy) is 1. The van der Waals surface area contributed by atoms with Crippen molar-refractivity contribution in [2.75, 3.05) is 26.3 Å². The van der Waals surface area contributed by atoms with Gasteiger partial charge in [-0.2, -0.15) is 0 Å². The topological polar surface area (TPSA) is 58.6 Å². The summed E-state index contributed by atoms with van der Waals surface area (Å²) < 4.78 is 18.1. The fourth-order valence-corrected chi connectivity index (χ4v) is 2.32. The van der Waals surface area contributed by atoms with Crippen LogP contribution < -0.4 is 5.32 Å². The molecule has 120 valence electrons. The van der Waals surface area contributed by atoms with Crippen LogP contribution in [0.25, 0.3) is 0 Å². The molecule has 0 saturated carbocycles.